The Labute approximate surface area is 107 Å². The second-order valence-corrected chi connectivity index (χ2v) is 4.50. The third kappa shape index (κ3) is 3.21. The predicted octanol–water partition coefficient (Wildman–Crippen LogP) is 3.96. The molecule has 0 spiro atoms. The molecular weight excluding hydrogens is 232 g/mol. The first kappa shape index (κ1) is 11.9. The maximum atomic E-state index is 6.07. The van der Waals surface area contributed by atoms with Crippen molar-refractivity contribution >= 4 is 17.3 Å². The SMILES string of the molecule is Cc1cccc(CNc2ccc(C)c(Cl)c2)n1. The molecule has 1 heterocycles. The van der Waals surface area contributed by atoms with Crippen LogP contribution >= 0.6 is 11.6 Å². The molecule has 2 rings (SSSR count). The summed E-state index contributed by atoms with van der Waals surface area (Å²) in [6, 6.07) is 12.0. The van der Waals surface area contributed by atoms with Crippen LogP contribution in [0.4, 0.5) is 5.69 Å². The van der Waals surface area contributed by atoms with Crippen LogP contribution in [-0.2, 0) is 6.54 Å². The summed E-state index contributed by atoms with van der Waals surface area (Å²) in [6.45, 7) is 4.70. The molecule has 3 heteroatoms. The molecule has 1 aromatic heterocycles. The molecule has 1 N–H and O–H groups in total. The van der Waals surface area contributed by atoms with Crippen molar-refractivity contribution in [3.63, 3.8) is 0 Å². The standard InChI is InChI=1S/C14H15ClN2/c1-10-6-7-12(8-14(10)15)16-9-13-5-3-4-11(2)17-13/h3-8,16H,9H2,1-2H3. The lowest BCUT2D eigenvalue weighted by atomic mass is 10.2. The Morgan fingerprint density at radius 2 is 2.00 bits per heavy atom. The Kier molecular flexibility index (Phi) is 3.64. The molecular formula is C14H15ClN2. The van der Waals surface area contributed by atoms with Crippen LogP contribution in [0.15, 0.2) is 36.4 Å². The van der Waals surface area contributed by atoms with Gasteiger partial charge in [-0.2, -0.15) is 0 Å². The summed E-state index contributed by atoms with van der Waals surface area (Å²) in [6.07, 6.45) is 0. The molecule has 2 aromatic rings. The summed E-state index contributed by atoms with van der Waals surface area (Å²) in [5.74, 6) is 0. The fourth-order valence-corrected chi connectivity index (χ4v) is 1.77. The summed E-state index contributed by atoms with van der Waals surface area (Å²) in [7, 11) is 0. The van der Waals surface area contributed by atoms with Gasteiger partial charge in [0.15, 0.2) is 0 Å². The minimum absolute atomic E-state index is 0.709. The maximum Gasteiger partial charge on any atom is 0.0597 e. The molecule has 0 aliphatic rings. The summed E-state index contributed by atoms with van der Waals surface area (Å²) < 4.78 is 0. The van der Waals surface area contributed by atoms with Crippen molar-refractivity contribution in [1.82, 2.24) is 4.98 Å². The highest BCUT2D eigenvalue weighted by atomic mass is 35.5. The van der Waals surface area contributed by atoms with Gasteiger partial charge in [-0.25, -0.2) is 0 Å². The Morgan fingerprint density at radius 1 is 1.18 bits per heavy atom. The van der Waals surface area contributed by atoms with Crippen LogP contribution in [-0.4, -0.2) is 4.98 Å². The van der Waals surface area contributed by atoms with Gasteiger partial charge in [0, 0.05) is 16.4 Å². The number of nitrogens with zero attached hydrogens (tertiary/aromatic N) is 1. The van der Waals surface area contributed by atoms with Crippen molar-refractivity contribution in [2.24, 2.45) is 0 Å². The van der Waals surface area contributed by atoms with E-state index in [1.165, 1.54) is 0 Å². The Morgan fingerprint density at radius 3 is 2.71 bits per heavy atom. The lowest BCUT2D eigenvalue weighted by Gasteiger charge is -2.08. The number of rotatable bonds is 3. The number of aryl methyl sites for hydroxylation is 2. The van der Waals surface area contributed by atoms with E-state index in [-0.39, 0.29) is 0 Å². The van der Waals surface area contributed by atoms with Crippen molar-refractivity contribution in [1.29, 1.82) is 0 Å². The molecule has 0 aliphatic carbocycles. The number of anilines is 1. The van der Waals surface area contributed by atoms with E-state index in [1.807, 2.05) is 50.2 Å². The van der Waals surface area contributed by atoms with Gasteiger partial charge in [0.05, 0.1) is 12.2 Å². The van der Waals surface area contributed by atoms with E-state index in [9.17, 15) is 0 Å². The van der Waals surface area contributed by atoms with Crippen LogP contribution in [0.2, 0.25) is 5.02 Å². The highest BCUT2D eigenvalue weighted by Gasteiger charge is 1.99. The molecule has 0 aliphatic heterocycles. The number of hydrogen-bond donors (Lipinski definition) is 1. The minimum atomic E-state index is 0.709. The zero-order chi connectivity index (χ0) is 12.3. The summed E-state index contributed by atoms with van der Waals surface area (Å²) >= 11 is 6.07. The number of benzene rings is 1. The Bertz CT molecular complexity index is 523. The van der Waals surface area contributed by atoms with Crippen LogP contribution in [0.1, 0.15) is 17.0 Å². The molecule has 0 atom stereocenters. The lowest BCUT2D eigenvalue weighted by molar-refractivity contribution is 1.01. The van der Waals surface area contributed by atoms with Crippen molar-refractivity contribution < 1.29 is 0 Å². The number of aromatic nitrogens is 1. The van der Waals surface area contributed by atoms with Crippen LogP contribution in [0.3, 0.4) is 0 Å². The van der Waals surface area contributed by atoms with Gasteiger partial charge in [0.1, 0.15) is 0 Å². The summed E-state index contributed by atoms with van der Waals surface area (Å²) in [5.41, 5.74) is 4.17. The van der Waals surface area contributed by atoms with Gasteiger partial charge in [-0.1, -0.05) is 23.7 Å². The predicted molar refractivity (Wildman–Crippen MR) is 72.5 cm³/mol. The molecule has 0 unspecified atom stereocenters. The quantitative estimate of drug-likeness (QED) is 0.887. The summed E-state index contributed by atoms with van der Waals surface area (Å²) in [5, 5.41) is 4.09. The number of pyridine rings is 1. The zero-order valence-corrected chi connectivity index (χ0v) is 10.8. The minimum Gasteiger partial charge on any atom is -0.379 e. The molecule has 17 heavy (non-hydrogen) atoms. The van der Waals surface area contributed by atoms with E-state index in [1.54, 1.807) is 0 Å². The molecule has 0 amide bonds. The molecule has 2 nitrogen and oxygen atoms in total. The molecule has 0 saturated carbocycles. The number of nitrogens with one attached hydrogen (secondary N) is 1. The second kappa shape index (κ2) is 5.19. The average molecular weight is 247 g/mol. The van der Waals surface area contributed by atoms with Gasteiger partial charge >= 0.3 is 0 Å². The van der Waals surface area contributed by atoms with E-state index < -0.39 is 0 Å². The van der Waals surface area contributed by atoms with Crippen molar-refractivity contribution in [3.05, 3.63) is 58.4 Å². The average Bonchev–Trinajstić information content (AvgIpc) is 2.31. The van der Waals surface area contributed by atoms with E-state index >= 15 is 0 Å². The maximum absolute atomic E-state index is 6.07. The van der Waals surface area contributed by atoms with Crippen molar-refractivity contribution in [3.8, 4) is 0 Å². The zero-order valence-electron chi connectivity index (χ0n) is 10.00. The Hall–Kier alpha value is -1.54. The van der Waals surface area contributed by atoms with Crippen LogP contribution in [0.5, 0.6) is 0 Å². The van der Waals surface area contributed by atoms with Gasteiger partial charge in [0.25, 0.3) is 0 Å². The first-order valence-electron chi connectivity index (χ1n) is 5.58. The lowest BCUT2D eigenvalue weighted by Crippen LogP contribution is -2.02. The van der Waals surface area contributed by atoms with E-state index in [2.05, 4.69) is 10.3 Å². The summed E-state index contributed by atoms with van der Waals surface area (Å²) in [4.78, 5) is 4.43. The van der Waals surface area contributed by atoms with E-state index in [0.29, 0.717) is 6.54 Å². The normalized spacial score (nSPS) is 10.3. The van der Waals surface area contributed by atoms with Crippen LogP contribution < -0.4 is 5.32 Å². The molecule has 0 radical (unpaired) electrons. The molecule has 0 fully saturated rings. The van der Waals surface area contributed by atoms with E-state index in [0.717, 1.165) is 27.7 Å². The van der Waals surface area contributed by atoms with Gasteiger partial charge in [0.2, 0.25) is 0 Å². The van der Waals surface area contributed by atoms with Gasteiger partial charge in [-0.3, -0.25) is 4.98 Å². The fourth-order valence-electron chi connectivity index (χ4n) is 1.59. The molecule has 88 valence electrons. The number of hydrogen-bond acceptors (Lipinski definition) is 2. The van der Waals surface area contributed by atoms with Gasteiger partial charge in [-0.15, -0.1) is 0 Å². The van der Waals surface area contributed by atoms with E-state index in [4.69, 9.17) is 11.6 Å². The molecule has 0 saturated heterocycles. The molecule has 0 bridgehead atoms. The van der Waals surface area contributed by atoms with Crippen molar-refractivity contribution in [2.75, 3.05) is 5.32 Å². The van der Waals surface area contributed by atoms with Gasteiger partial charge in [-0.05, 0) is 43.7 Å². The first-order valence-corrected chi connectivity index (χ1v) is 5.95. The third-order valence-electron chi connectivity index (χ3n) is 2.59. The third-order valence-corrected chi connectivity index (χ3v) is 3.00. The topological polar surface area (TPSA) is 24.9 Å². The highest BCUT2D eigenvalue weighted by Crippen LogP contribution is 2.20. The van der Waals surface area contributed by atoms with Crippen LogP contribution in [0, 0.1) is 13.8 Å². The highest BCUT2D eigenvalue weighted by molar-refractivity contribution is 6.31. The molecule has 1 aromatic carbocycles. The number of halogens is 1. The largest absolute Gasteiger partial charge is 0.379 e. The van der Waals surface area contributed by atoms with Crippen molar-refractivity contribution in [2.45, 2.75) is 20.4 Å². The fraction of sp³-hybridized carbons (Fsp3) is 0.214. The van der Waals surface area contributed by atoms with Gasteiger partial charge < -0.3 is 5.32 Å². The first-order chi connectivity index (χ1) is 8.15. The van der Waals surface area contributed by atoms with Crippen LogP contribution in [0.25, 0.3) is 0 Å². The monoisotopic (exact) mass is 246 g/mol. The Balaban J connectivity index is 2.05. The smallest absolute Gasteiger partial charge is 0.0597 e. The second-order valence-electron chi connectivity index (χ2n) is 4.09.